The van der Waals surface area contributed by atoms with Gasteiger partial charge in [-0.3, -0.25) is 4.79 Å². The van der Waals surface area contributed by atoms with Crippen molar-refractivity contribution in [2.75, 3.05) is 21.0 Å². The fraction of sp³-hybridized carbons (Fsp3) is 0.273. The second-order valence-corrected chi connectivity index (χ2v) is 6.55. The van der Waals surface area contributed by atoms with Gasteiger partial charge in [0.2, 0.25) is 6.79 Å². The molecule has 1 amide bonds. The summed E-state index contributed by atoms with van der Waals surface area (Å²) in [6, 6.07) is 12.6. The Kier molecular flexibility index (Phi) is 6.65. The summed E-state index contributed by atoms with van der Waals surface area (Å²) < 4.78 is 21.1. The summed E-state index contributed by atoms with van der Waals surface area (Å²) >= 11 is 0. The Morgan fingerprint density at radius 3 is 2.67 bits per heavy atom. The molecule has 0 aromatic heterocycles. The van der Waals surface area contributed by atoms with Gasteiger partial charge in [-0.15, -0.1) is 0 Å². The highest BCUT2D eigenvalue weighted by Gasteiger charge is 2.16. The quantitative estimate of drug-likeness (QED) is 0.511. The van der Waals surface area contributed by atoms with E-state index in [1.54, 1.807) is 26.4 Å². The van der Waals surface area contributed by atoms with Crippen LogP contribution in [-0.4, -0.2) is 26.9 Å². The number of fused-ring (bicyclic) bond motifs is 1. The average molecular weight is 409 g/mol. The van der Waals surface area contributed by atoms with Gasteiger partial charge in [0.15, 0.2) is 23.0 Å². The van der Waals surface area contributed by atoms with Crippen LogP contribution in [0.1, 0.15) is 24.1 Å². The van der Waals surface area contributed by atoms with E-state index in [0.717, 1.165) is 11.1 Å². The maximum atomic E-state index is 12.5. The van der Waals surface area contributed by atoms with Gasteiger partial charge in [0.25, 0.3) is 5.91 Å². The molecular weight excluding hydrogens is 386 g/mol. The lowest BCUT2D eigenvalue weighted by Gasteiger charge is -2.16. The topological polar surface area (TPSA) is 102 Å². The van der Waals surface area contributed by atoms with Crippen molar-refractivity contribution in [1.29, 1.82) is 5.26 Å². The second-order valence-electron chi connectivity index (χ2n) is 6.55. The molecule has 1 unspecified atom stereocenters. The minimum absolute atomic E-state index is 0.0249. The fourth-order valence-corrected chi connectivity index (χ4v) is 2.95. The highest BCUT2D eigenvalue weighted by Crippen LogP contribution is 2.32. The lowest BCUT2D eigenvalue weighted by atomic mass is 10.1. The molecule has 1 aliphatic heterocycles. The van der Waals surface area contributed by atoms with Gasteiger partial charge in [0, 0.05) is 12.7 Å². The Labute approximate surface area is 175 Å². The lowest BCUT2D eigenvalue weighted by molar-refractivity contribution is -0.117. The van der Waals surface area contributed by atoms with Crippen LogP contribution in [0.4, 0.5) is 0 Å². The number of carbonyl (C=O) groups is 1. The summed E-state index contributed by atoms with van der Waals surface area (Å²) in [7, 11) is 3.11. The van der Waals surface area contributed by atoms with Gasteiger partial charge in [0.1, 0.15) is 11.6 Å². The van der Waals surface area contributed by atoms with E-state index >= 15 is 0 Å². The van der Waals surface area contributed by atoms with Crippen LogP contribution in [0.25, 0.3) is 0 Å². The molecule has 8 heteroatoms. The normalized spacial score (nSPS) is 13.2. The summed E-state index contributed by atoms with van der Waals surface area (Å²) in [5, 5.41) is 15.2. The summed E-state index contributed by atoms with van der Waals surface area (Å²) in [5.74, 6) is 2.08. The third-order valence-corrected chi connectivity index (χ3v) is 4.61. The van der Waals surface area contributed by atoms with Crippen LogP contribution in [0.2, 0.25) is 0 Å². The second kappa shape index (κ2) is 9.56. The van der Waals surface area contributed by atoms with E-state index in [1.807, 2.05) is 37.3 Å². The van der Waals surface area contributed by atoms with Gasteiger partial charge in [-0.1, -0.05) is 12.1 Å². The molecule has 156 valence electrons. The number of nitrogens with one attached hydrogen (secondary N) is 2. The van der Waals surface area contributed by atoms with Crippen molar-refractivity contribution in [3.8, 4) is 29.1 Å². The molecule has 0 saturated carbocycles. The van der Waals surface area contributed by atoms with E-state index in [-0.39, 0.29) is 18.4 Å². The number of carbonyl (C=O) groups excluding carboxylic acids is 1. The standard InChI is InChI=1S/C22H23N3O5/c1-14(16-5-7-18(27-2)20(9-16)28-3)25-22(26)17(10-23)12-24-11-15-4-6-19-21(8-15)30-13-29-19/h4-9,12,14,24H,11,13H2,1-3H3,(H,25,26)/b17-12-. The van der Waals surface area contributed by atoms with E-state index in [2.05, 4.69) is 10.6 Å². The Morgan fingerprint density at radius 2 is 1.93 bits per heavy atom. The van der Waals surface area contributed by atoms with Crippen molar-refractivity contribution >= 4 is 5.91 Å². The Hall–Kier alpha value is -3.86. The smallest absolute Gasteiger partial charge is 0.263 e. The largest absolute Gasteiger partial charge is 0.493 e. The van der Waals surface area contributed by atoms with Crippen molar-refractivity contribution in [2.45, 2.75) is 19.5 Å². The van der Waals surface area contributed by atoms with E-state index in [1.165, 1.54) is 6.20 Å². The molecule has 0 bridgehead atoms. The maximum Gasteiger partial charge on any atom is 0.263 e. The number of rotatable bonds is 8. The van der Waals surface area contributed by atoms with Crippen LogP contribution in [0, 0.1) is 11.3 Å². The molecule has 0 aliphatic carbocycles. The van der Waals surface area contributed by atoms with Crippen molar-refractivity contribution in [3.05, 3.63) is 59.3 Å². The predicted molar refractivity (Wildman–Crippen MR) is 109 cm³/mol. The summed E-state index contributed by atoms with van der Waals surface area (Å²) in [5.41, 5.74) is 1.74. The van der Waals surface area contributed by atoms with Crippen molar-refractivity contribution in [1.82, 2.24) is 10.6 Å². The maximum absolute atomic E-state index is 12.5. The predicted octanol–water partition coefficient (Wildman–Crippen LogP) is 2.81. The monoisotopic (exact) mass is 409 g/mol. The third-order valence-electron chi connectivity index (χ3n) is 4.61. The molecular formula is C22H23N3O5. The van der Waals surface area contributed by atoms with Crippen molar-refractivity contribution < 1.29 is 23.7 Å². The zero-order valence-corrected chi connectivity index (χ0v) is 17.0. The number of methoxy groups -OCH3 is 2. The molecule has 2 aromatic carbocycles. The molecule has 0 saturated heterocycles. The van der Waals surface area contributed by atoms with Crippen molar-refractivity contribution in [2.24, 2.45) is 0 Å². The Bertz CT molecular complexity index is 997. The molecule has 0 spiro atoms. The molecule has 8 nitrogen and oxygen atoms in total. The Balaban J connectivity index is 1.60. The van der Waals surface area contributed by atoms with Crippen LogP contribution in [0.5, 0.6) is 23.0 Å². The van der Waals surface area contributed by atoms with E-state index in [9.17, 15) is 10.1 Å². The van der Waals surface area contributed by atoms with Crippen LogP contribution in [-0.2, 0) is 11.3 Å². The SMILES string of the molecule is COc1ccc(C(C)NC(=O)/C(C#N)=C\NCc2ccc3c(c2)OCO3)cc1OC. The van der Waals surface area contributed by atoms with Gasteiger partial charge in [-0.25, -0.2) is 0 Å². The average Bonchev–Trinajstić information content (AvgIpc) is 3.24. The zero-order chi connectivity index (χ0) is 21.5. The number of hydrogen-bond acceptors (Lipinski definition) is 7. The summed E-state index contributed by atoms with van der Waals surface area (Å²) in [4.78, 5) is 12.5. The number of hydrogen-bond donors (Lipinski definition) is 2. The van der Waals surface area contributed by atoms with Crippen LogP contribution in [0.15, 0.2) is 48.2 Å². The minimum Gasteiger partial charge on any atom is -0.493 e. The summed E-state index contributed by atoms with van der Waals surface area (Å²) in [6.45, 7) is 2.47. The molecule has 2 aromatic rings. The van der Waals surface area contributed by atoms with Crippen LogP contribution < -0.4 is 29.6 Å². The molecule has 30 heavy (non-hydrogen) atoms. The number of benzene rings is 2. The van der Waals surface area contributed by atoms with Gasteiger partial charge < -0.3 is 29.6 Å². The molecule has 0 fully saturated rings. The Morgan fingerprint density at radius 1 is 1.17 bits per heavy atom. The number of ether oxygens (including phenoxy) is 4. The van der Waals surface area contributed by atoms with E-state index < -0.39 is 5.91 Å². The number of nitrogens with zero attached hydrogens (tertiary/aromatic N) is 1. The highest BCUT2D eigenvalue weighted by molar-refractivity contribution is 5.97. The third kappa shape index (κ3) is 4.75. The highest BCUT2D eigenvalue weighted by atomic mass is 16.7. The molecule has 1 aliphatic rings. The van der Waals surface area contributed by atoms with Crippen molar-refractivity contribution in [3.63, 3.8) is 0 Å². The first-order chi connectivity index (χ1) is 14.5. The number of nitriles is 1. The van der Waals surface area contributed by atoms with E-state index in [0.29, 0.717) is 29.5 Å². The molecule has 1 heterocycles. The first kappa shape index (κ1) is 20.9. The van der Waals surface area contributed by atoms with Crippen LogP contribution >= 0.6 is 0 Å². The zero-order valence-electron chi connectivity index (χ0n) is 17.0. The summed E-state index contributed by atoms with van der Waals surface area (Å²) in [6.07, 6.45) is 1.40. The molecule has 3 rings (SSSR count). The van der Waals surface area contributed by atoms with Gasteiger partial charge in [-0.2, -0.15) is 5.26 Å². The van der Waals surface area contributed by atoms with E-state index in [4.69, 9.17) is 18.9 Å². The first-order valence-electron chi connectivity index (χ1n) is 9.30. The van der Waals surface area contributed by atoms with Gasteiger partial charge >= 0.3 is 0 Å². The number of amides is 1. The molecule has 2 N–H and O–H groups in total. The first-order valence-corrected chi connectivity index (χ1v) is 9.30. The molecule has 0 radical (unpaired) electrons. The van der Waals surface area contributed by atoms with Gasteiger partial charge in [0.05, 0.1) is 20.3 Å². The lowest BCUT2D eigenvalue weighted by Crippen LogP contribution is -2.28. The fourth-order valence-electron chi connectivity index (χ4n) is 2.95. The molecule has 1 atom stereocenters. The van der Waals surface area contributed by atoms with Crippen LogP contribution in [0.3, 0.4) is 0 Å². The van der Waals surface area contributed by atoms with Gasteiger partial charge in [-0.05, 0) is 42.3 Å². The minimum atomic E-state index is -0.474.